The number of carbonyl (C=O) groups is 3. The molecule has 126 valence electrons. The van der Waals surface area contributed by atoms with E-state index in [2.05, 4.69) is 5.32 Å². The standard InChI is InChI=1S/C18H13ClN2O4/c1-10-14(19)6-3-7-15(10)21-17(24)13(16(23)20-18(21)25)9-11-4-2-5-12(22)8-11/h2-9,22H,1H3,(H,20,23,25)/b13-9-. The van der Waals surface area contributed by atoms with Crippen LogP contribution in [0, 0.1) is 6.92 Å². The van der Waals surface area contributed by atoms with Gasteiger partial charge in [0.05, 0.1) is 5.69 Å². The maximum Gasteiger partial charge on any atom is 0.335 e. The topological polar surface area (TPSA) is 86.7 Å². The molecule has 0 atom stereocenters. The lowest BCUT2D eigenvalue weighted by atomic mass is 10.1. The number of barbiturate groups is 1. The summed E-state index contributed by atoms with van der Waals surface area (Å²) in [4.78, 5) is 37.9. The number of hydrogen-bond acceptors (Lipinski definition) is 4. The first-order valence-electron chi connectivity index (χ1n) is 7.34. The Morgan fingerprint density at radius 2 is 1.84 bits per heavy atom. The van der Waals surface area contributed by atoms with E-state index in [0.29, 0.717) is 21.8 Å². The molecule has 0 bridgehead atoms. The number of nitrogens with one attached hydrogen (secondary N) is 1. The van der Waals surface area contributed by atoms with Crippen LogP contribution in [0.4, 0.5) is 10.5 Å². The van der Waals surface area contributed by atoms with Crippen molar-refractivity contribution < 1.29 is 19.5 Å². The summed E-state index contributed by atoms with van der Waals surface area (Å²) in [6, 6.07) is 10.1. The summed E-state index contributed by atoms with van der Waals surface area (Å²) in [6.07, 6.45) is 1.32. The third kappa shape index (κ3) is 3.12. The fourth-order valence-corrected chi connectivity index (χ4v) is 2.67. The molecule has 1 aliphatic rings. The average molecular weight is 357 g/mol. The van der Waals surface area contributed by atoms with Gasteiger partial charge < -0.3 is 5.11 Å². The first-order valence-corrected chi connectivity index (χ1v) is 7.72. The van der Waals surface area contributed by atoms with Crippen LogP contribution in [-0.4, -0.2) is 23.0 Å². The molecule has 25 heavy (non-hydrogen) atoms. The minimum atomic E-state index is -0.839. The Kier molecular flexibility index (Phi) is 4.29. The molecule has 2 aromatic rings. The molecule has 2 aromatic carbocycles. The molecule has 1 aliphatic heterocycles. The van der Waals surface area contributed by atoms with Crippen LogP contribution >= 0.6 is 11.6 Å². The number of phenolic OH excluding ortho intramolecular Hbond substituents is 1. The lowest BCUT2D eigenvalue weighted by Crippen LogP contribution is -2.54. The summed E-state index contributed by atoms with van der Waals surface area (Å²) >= 11 is 6.06. The molecular formula is C18H13ClN2O4. The summed E-state index contributed by atoms with van der Waals surface area (Å²) < 4.78 is 0. The van der Waals surface area contributed by atoms with Crippen molar-refractivity contribution in [1.82, 2.24) is 5.32 Å². The van der Waals surface area contributed by atoms with Crippen LogP contribution in [0.25, 0.3) is 6.08 Å². The molecule has 1 heterocycles. The van der Waals surface area contributed by atoms with E-state index in [-0.39, 0.29) is 11.3 Å². The largest absolute Gasteiger partial charge is 0.508 e. The lowest BCUT2D eigenvalue weighted by Gasteiger charge is -2.27. The fourth-order valence-electron chi connectivity index (χ4n) is 2.50. The van der Waals surface area contributed by atoms with E-state index < -0.39 is 17.8 Å². The maximum absolute atomic E-state index is 12.8. The Morgan fingerprint density at radius 3 is 2.56 bits per heavy atom. The zero-order valence-corrected chi connectivity index (χ0v) is 13.9. The SMILES string of the molecule is Cc1c(Cl)cccc1N1C(=O)NC(=O)/C(=C/c2cccc(O)c2)C1=O. The van der Waals surface area contributed by atoms with Crippen LogP contribution in [0.15, 0.2) is 48.0 Å². The molecule has 4 amide bonds. The number of aromatic hydroxyl groups is 1. The molecule has 2 N–H and O–H groups in total. The highest BCUT2D eigenvalue weighted by atomic mass is 35.5. The third-order valence-electron chi connectivity index (χ3n) is 3.76. The van der Waals surface area contributed by atoms with Crippen molar-refractivity contribution in [3.63, 3.8) is 0 Å². The summed E-state index contributed by atoms with van der Waals surface area (Å²) in [5.74, 6) is -1.56. The van der Waals surface area contributed by atoms with E-state index in [1.807, 2.05) is 0 Å². The Labute approximate surface area is 148 Å². The van der Waals surface area contributed by atoms with Crippen molar-refractivity contribution in [2.75, 3.05) is 4.90 Å². The Morgan fingerprint density at radius 1 is 1.12 bits per heavy atom. The normalized spacial score (nSPS) is 16.3. The number of anilines is 1. The molecule has 0 saturated carbocycles. The number of amides is 4. The van der Waals surface area contributed by atoms with Crippen molar-refractivity contribution in [1.29, 1.82) is 0 Å². The van der Waals surface area contributed by atoms with Gasteiger partial charge in [0.2, 0.25) is 0 Å². The number of hydrogen-bond donors (Lipinski definition) is 2. The van der Waals surface area contributed by atoms with Crippen molar-refractivity contribution in [2.24, 2.45) is 0 Å². The zero-order chi connectivity index (χ0) is 18.1. The number of carbonyl (C=O) groups excluding carboxylic acids is 3. The number of nitrogens with zero attached hydrogens (tertiary/aromatic N) is 1. The van der Waals surface area contributed by atoms with E-state index in [4.69, 9.17) is 11.6 Å². The number of urea groups is 1. The second-order valence-corrected chi connectivity index (χ2v) is 5.84. The molecule has 3 rings (SSSR count). The summed E-state index contributed by atoms with van der Waals surface area (Å²) in [5.41, 5.74) is 1.07. The molecule has 1 saturated heterocycles. The van der Waals surface area contributed by atoms with Crippen LogP contribution in [0.1, 0.15) is 11.1 Å². The Bertz CT molecular complexity index is 936. The quantitative estimate of drug-likeness (QED) is 0.639. The van der Waals surface area contributed by atoms with Crippen LogP contribution in [0.3, 0.4) is 0 Å². The van der Waals surface area contributed by atoms with Crippen LogP contribution in [0.5, 0.6) is 5.75 Å². The van der Waals surface area contributed by atoms with Crippen LogP contribution < -0.4 is 10.2 Å². The molecule has 6 nitrogen and oxygen atoms in total. The average Bonchev–Trinajstić information content (AvgIpc) is 2.55. The predicted molar refractivity (Wildman–Crippen MR) is 93.3 cm³/mol. The molecule has 7 heteroatoms. The van der Waals surface area contributed by atoms with Crippen LogP contribution in [0.2, 0.25) is 5.02 Å². The van der Waals surface area contributed by atoms with Gasteiger partial charge in [-0.1, -0.05) is 29.8 Å². The Hall–Kier alpha value is -3.12. The summed E-state index contributed by atoms with van der Waals surface area (Å²) in [5, 5.41) is 12.1. The van der Waals surface area contributed by atoms with Gasteiger partial charge in [-0.05, 0) is 48.4 Å². The number of rotatable bonds is 2. The first-order chi connectivity index (χ1) is 11.9. The van der Waals surface area contributed by atoms with Gasteiger partial charge in [0.25, 0.3) is 11.8 Å². The molecule has 0 radical (unpaired) electrons. The highest BCUT2D eigenvalue weighted by Crippen LogP contribution is 2.29. The number of benzene rings is 2. The second kappa shape index (κ2) is 6.41. The molecule has 0 unspecified atom stereocenters. The summed E-state index contributed by atoms with van der Waals surface area (Å²) in [6.45, 7) is 1.67. The smallest absolute Gasteiger partial charge is 0.335 e. The molecule has 1 fully saturated rings. The maximum atomic E-state index is 12.8. The first kappa shape index (κ1) is 16.7. The second-order valence-electron chi connectivity index (χ2n) is 5.44. The number of phenols is 1. The predicted octanol–water partition coefficient (Wildman–Crippen LogP) is 3.02. The minimum absolute atomic E-state index is 0.00312. The van der Waals surface area contributed by atoms with Crippen molar-refractivity contribution in [3.05, 3.63) is 64.2 Å². The van der Waals surface area contributed by atoms with Gasteiger partial charge in [-0.2, -0.15) is 0 Å². The van der Waals surface area contributed by atoms with E-state index in [1.54, 1.807) is 37.3 Å². The fraction of sp³-hybridized carbons (Fsp3) is 0.0556. The van der Waals surface area contributed by atoms with E-state index in [0.717, 1.165) is 4.90 Å². The Balaban J connectivity index is 2.07. The summed E-state index contributed by atoms with van der Waals surface area (Å²) in [7, 11) is 0. The third-order valence-corrected chi connectivity index (χ3v) is 4.17. The van der Waals surface area contributed by atoms with Crippen molar-refractivity contribution >= 4 is 41.2 Å². The van der Waals surface area contributed by atoms with Gasteiger partial charge in [-0.25, -0.2) is 9.69 Å². The monoisotopic (exact) mass is 356 g/mol. The molecule has 0 spiro atoms. The lowest BCUT2D eigenvalue weighted by molar-refractivity contribution is -0.122. The van der Waals surface area contributed by atoms with Gasteiger partial charge in [0.15, 0.2) is 0 Å². The highest BCUT2D eigenvalue weighted by molar-refractivity contribution is 6.39. The van der Waals surface area contributed by atoms with Gasteiger partial charge in [-0.3, -0.25) is 14.9 Å². The molecule has 0 aromatic heterocycles. The molecular weight excluding hydrogens is 344 g/mol. The van der Waals surface area contributed by atoms with E-state index in [9.17, 15) is 19.5 Å². The number of halogens is 1. The zero-order valence-electron chi connectivity index (χ0n) is 13.1. The highest BCUT2D eigenvalue weighted by Gasteiger charge is 2.37. The van der Waals surface area contributed by atoms with Gasteiger partial charge >= 0.3 is 6.03 Å². The van der Waals surface area contributed by atoms with E-state index in [1.165, 1.54) is 18.2 Å². The van der Waals surface area contributed by atoms with Gasteiger partial charge in [-0.15, -0.1) is 0 Å². The number of imide groups is 2. The van der Waals surface area contributed by atoms with Gasteiger partial charge in [0, 0.05) is 5.02 Å². The van der Waals surface area contributed by atoms with Crippen molar-refractivity contribution in [3.8, 4) is 5.75 Å². The minimum Gasteiger partial charge on any atom is -0.508 e. The van der Waals surface area contributed by atoms with E-state index >= 15 is 0 Å². The van der Waals surface area contributed by atoms with Crippen LogP contribution in [-0.2, 0) is 9.59 Å². The van der Waals surface area contributed by atoms with Crippen molar-refractivity contribution in [2.45, 2.75) is 6.92 Å². The van der Waals surface area contributed by atoms with Gasteiger partial charge in [0.1, 0.15) is 11.3 Å². The molecule has 0 aliphatic carbocycles.